The smallest absolute Gasteiger partial charge is 0.0598 e. The number of ether oxygens (including phenoxy) is 1. The van der Waals surface area contributed by atoms with Gasteiger partial charge in [-0.2, -0.15) is 0 Å². The summed E-state index contributed by atoms with van der Waals surface area (Å²) in [5, 5.41) is 0. The molecule has 1 saturated heterocycles. The molecule has 0 amide bonds. The van der Waals surface area contributed by atoms with Crippen LogP contribution in [0.5, 0.6) is 0 Å². The Hall–Kier alpha value is -0.0800. The van der Waals surface area contributed by atoms with Crippen molar-refractivity contribution in [1.29, 1.82) is 0 Å². The maximum atomic E-state index is 5.84. The van der Waals surface area contributed by atoms with Crippen molar-refractivity contribution in [3.05, 3.63) is 0 Å². The van der Waals surface area contributed by atoms with E-state index in [1.807, 2.05) is 0 Å². The lowest BCUT2D eigenvalue weighted by Gasteiger charge is -2.58. The molecule has 0 aromatic heterocycles. The molecule has 124 valence electrons. The highest BCUT2D eigenvalue weighted by molar-refractivity contribution is 5.01. The minimum absolute atomic E-state index is 0.0268. The van der Waals surface area contributed by atoms with Crippen LogP contribution in [0.1, 0.15) is 80.1 Å². The van der Waals surface area contributed by atoms with Crippen LogP contribution >= 0.6 is 0 Å². The van der Waals surface area contributed by atoms with Crippen molar-refractivity contribution in [2.45, 2.75) is 91.2 Å². The summed E-state index contributed by atoms with van der Waals surface area (Å²) in [7, 11) is 0. The minimum atomic E-state index is 0.0268. The van der Waals surface area contributed by atoms with E-state index in [4.69, 9.17) is 4.74 Å². The predicted octanol–water partition coefficient (Wildman–Crippen LogP) is 4.87. The predicted molar refractivity (Wildman–Crippen MR) is 90.7 cm³/mol. The summed E-state index contributed by atoms with van der Waals surface area (Å²) in [6, 6.07) is 0. The van der Waals surface area contributed by atoms with Gasteiger partial charge in [-0.25, -0.2) is 0 Å². The van der Waals surface area contributed by atoms with Crippen LogP contribution in [0.15, 0.2) is 0 Å². The summed E-state index contributed by atoms with van der Waals surface area (Å²) in [6.45, 7) is 17.1. The zero-order valence-electron chi connectivity index (χ0n) is 15.3. The third-order valence-corrected chi connectivity index (χ3v) is 5.46. The molecule has 2 rings (SSSR count). The van der Waals surface area contributed by atoms with Crippen LogP contribution in [0.2, 0.25) is 0 Å². The van der Waals surface area contributed by atoms with Gasteiger partial charge in [0.25, 0.3) is 0 Å². The molecule has 1 spiro atoms. The Morgan fingerprint density at radius 2 is 1.57 bits per heavy atom. The molecule has 2 nitrogen and oxygen atoms in total. The lowest BCUT2D eigenvalue weighted by Crippen LogP contribution is -2.63. The molecule has 2 aliphatic rings. The summed E-state index contributed by atoms with van der Waals surface area (Å²) < 4.78 is 5.84. The van der Waals surface area contributed by atoms with E-state index in [2.05, 4.69) is 46.4 Å². The van der Waals surface area contributed by atoms with Gasteiger partial charge in [0.15, 0.2) is 0 Å². The zero-order chi connectivity index (χ0) is 15.7. The first-order chi connectivity index (χ1) is 9.60. The van der Waals surface area contributed by atoms with E-state index in [0.717, 1.165) is 12.5 Å². The van der Waals surface area contributed by atoms with Crippen LogP contribution in [0.4, 0.5) is 0 Å². The Morgan fingerprint density at radius 1 is 1.00 bits per heavy atom. The van der Waals surface area contributed by atoms with Crippen LogP contribution in [0.3, 0.4) is 0 Å². The highest BCUT2D eigenvalue weighted by Gasteiger charge is 2.47. The Balaban J connectivity index is 1.62. The van der Waals surface area contributed by atoms with Gasteiger partial charge >= 0.3 is 0 Å². The number of likely N-dealkylation sites (tertiary alicyclic amines) is 1. The van der Waals surface area contributed by atoms with Crippen molar-refractivity contribution in [3.8, 4) is 0 Å². The SMILES string of the molecule is CC(C)(C)OCCCC1CCC2(CC1)CN(C(C)(C)C)C2. The fourth-order valence-electron chi connectivity index (χ4n) is 3.88. The Kier molecular flexibility index (Phi) is 5.10. The van der Waals surface area contributed by atoms with E-state index >= 15 is 0 Å². The van der Waals surface area contributed by atoms with Crippen LogP contribution in [-0.4, -0.2) is 35.7 Å². The number of hydrogen-bond acceptors (Lipinski definition) is 2. The summed E-state index contributed by atoms with van der Waals surface area (Å²) in [4.78, 5) is 2.66. The molecule has 1 aliphatic carbocycles. The summed E-state index contributed by atoms with van der Waals surface area (Å²) in [6.07, 6.45) is 8.44. The van der Waals surface area contributed by atoms with Crippen molar-refractivity contribution in [1.82, 2.24) is 4.90 Å². The fourth-order valence-corrected chi connectivity index (χ4v) is 3.88. The highest BCUT2D eigenvalue weighted by Crippen LogP contribution is 2.48. The lowest BCUT2D eigenvalue weighted by molar-refractivity contribution is -0.0862. The van der Waals surface area contributed by atoms with E-state index in [1.54, 1.807) is 0 Å². The molecule has 2 heteroatoms. The van der Waals surface area contributed by atoms with E-state index in [9.17, 15) is 0 Å². The molecule has 1 saturated carbocycles. The molecule has 0 N–H and O–H groups in total. The van der Waals surface area contributed by atoms with Gasteiger partial charge in [-0.1, -0.05) is 0 Å². The second kappa shape index (κ2) is 6.20. The maximum Gasteiger partial charge on any atom is 0.0598 e. The van der Waals surface area contributed by atoms with Crippen LogP contribution in [-0.2, 0) is 4.74 Å². The molecule has 0 bridgehead atoms. The Morgan fingerprint density at radius 3 is 2.05 bits per heavy atom. The average molecular weight is 296 g/mol. The molecule has 0 radical (unpaired) electrons. The molecule has 0 atom stereocenters. The van der Waals surface area contributed by atoms with E-state index in [-0.39, 0.29) is 5.60 Å². The molecule has 1 heterocycles. The number of hydrogen-bond donors (Lipinski definition) is 0. The first-order valence-electron chi connectivity index (χ1n) is 8.99. The Labute approximate surface area is 132 Å². The average Bonchev–Trinajstić information content (AvgIpc) is 2.30. The molecule has 2 fully saturated rings. The first kappa shape index (κ1) is 17.3. The van der Waals surface area contributed by atoms with E-state index in [1.165, 1.54) is 51.6 Å². The van der Waals surface area contributed by atoms with Crippen LogP contribution in [0.25, 0.3) is 0 Å². The largest absolute Gasteiger partial charge is 0.376 e. The van der Waals surface area contributed by atoms with Crippen molar-refractivity contribution in [2.75, 3.05) is 19.7 Å². The molecule has 0 unspecified atom stereocenters. The number of nitrogens with zero attached hydrogens (tertiary/aromatic N) is 1. The van der Waals surface area contributed by atoms with Gasteiger partial charge in [0.05, 0.1) is 5.60 Å². The zero-order valence-corrected chi connectivity index (χ0v) is 15.3. The summed E-state index contributed by atoms with van der Waals surface area (Å²) >= 11 is 0. The fraction of sp³-hybridized carbons (Fsp3) is 1.00. The highest BCUT2D eigenvalue weighted by atomic mass is 16.5. The Bertz CT molecular complexity index is 320. The second-order valence-corrected chi connectivity index (χ2v) is 9.57. The van der Waals surface area contributed by atoms with E-state index < -0.39 is 0 Å². The van der Waals surface area contributed by atoms with Crippen LogP contribution < -0.4 is 0 Å². The first-order valence-corrected chi connectivity index (χ1v) is 8.99. The van der Waals surface area contributed by atoms with E-state index in [0.29, 0.717) is 11.0 Å². The van der Waals surface area contributed by atoms with Crippen molar-refractivity contribution < 1.29 is 4.74 Å². The molecular formula is C19H37NO. The molecule has 21 heavy (non-hydrogen) atoms. The minimum Gasteiger partial charge on any atom is -0.376 e. The standard InChI is InChI=1S/C19H37NO/c1-17(2,3)20-14-19(15-20)11-9-16(10-12-19)8-7-13-21-18(4,5)6/h16H,7-15H2,1-6H3. The van der Waals surface area contributed by atoms with Gasteiger partial charge in [-0.05, 0) is 91.4 Å². The van der Waals surface area contributed by atoms with Gasteiger partial charge in [-0.15, -0.1) is 0 Å². The van der Waals surface area contributed by atoms with Crippen molar-refractivity contribution >= 4 is 0 Å². The van der Waals surface area contributed by atoms with Crippen LogP contribution in [0, 0.1) is 11.3 Å². The quantitative estimate of drug-likeness (QED) is 0.686. The van der Waals surface area contributed by atoms with Crippen molar-refractivity contribution in [3.63, 3.8) is 0 Å². The summed E-state index contributed by atoms with van der Waals surface area (Å²) in [5.41, 5.74) is 1.08. The second-order valence-electron chi connectivity index (χ2n) is 9.57. The van der Waals surface area contributed by atoms with Gasteiger partial charge in [-0.3, -0.25) is 4.90 Å². The van der Waals surface area contributed by atoms with Gasteiger partial charge in [0.1, 0.15) is 0 Å². The maximum absolute atomic E-state index is 5.84. The molecule has 0 aromatic rings. The third-order valence-electron chi connectivity index (χ3n) is 5.46. The molecule has 0 aromatic carbocycles. The summed E-state index contributed by atoms with van der Waals surface area (Å²) in [5.74, 6) is 0.961. The van der Waals surface area contributed by atoms with Gasteiger partial charge in [0, 0.05) is 25.2 Å². The van der Waals surface area contributed by atoms with Gasteiger partial charge in [0.2, 0.25) is 0 Å². The topological polar surface area (TPSA) is 12.5 Å². The van der Waals surface area contributed by atoms with Crippen molar-refractivity contribution in [2.24, 2.45) is 11.3 Å². The lowest BCUT2D eigenvalue weighted by atomic mass is 9.64. The molecule has 1 aliphatic heterocycles. The number of rotatable bonds is 4. The van der Waals surface area contributed by atoms with Gasteiger partial charge < -0.3 is 4.74 Å². The monoisotopic (exact) mass is 295 g/mol. The third kappa shape index (κ3) is 4.96. The molecular weight excluding hydrogens is 258 g/mol. The normalized spacial score (nSPS) is 24.3.